The van der Waals surface area contributed by atoms with Crippen LogP contribution >= 0.6 is 0 Å². The van der Waals surface area contributed by atoms with Gasteiger partial charge in [0.1, 0.15) is 23.0 Å². The molecular formula is C35H48O7. The van der Waals surface area contributed by atoms with Gasteiger partial charge in [-0.15, -0.1) is 0 Å². The maximum Gasteiger partial charge on any atom is 0.316 e. The molecule has 0 amide bonds. The van der Waals surface area contributed by atoms with Gasteiger partial charge in [0.05, 0.1) is 30.6 Å². The second-order valence-electron chi connectivity index (χ2n) is 14.6. The highest BCUT2D eigenvalue weighted by atomic mass is 16.5. The van der Waals surface area contributed by atoms with Crippen LogP contribution in [0.25, 0.3) is 6.08 Å². The van der Waals surface area contributed by atoms with E-state index in [9.17, 15) is 14.4 Å². The van der Waals surface area contributed by atoms with E-state index in [2.05, 4.69) is 0 Å². The van der Waals surface area contributed by atoms with Crippen molar-refractivity contribution in [3.05, 3.63) is 52.6 Å². The predicted molar refractivity (Wildman–Crippen MR) is 167 cm³/mol. The number of ether oxygens (including phenoxy) is 4. The second-order valence-corrected chi connectivity index (χ2v) is 14.6. The molecule has 0 bridgehead atoms. The van der Waals surface area contributed by atoms with Gasteiger partial charge in [-0.1, -0.05) is 41.5 Å². The fourth-order valence-corrected chi connectivity index (χ4v) is 4.19. The molecule has 42 heavy (non-hydrogen) atoms. The molecule has 0 aromatic heterocycles. The van der Waals surface area contributed by atoms with E-state index in [0.29, 0.717) is 33.9 Å². The van der Waals surface area contributed by atoms with Crippen molar-refractivity contribution in [3.8, 4) is 23.0 Å². The van der Waals surface area contributed by atoms with Crippen LogP contribution in [0, 0.1) is 10.8 Å². The molecule has 2 rings (SSSR count). The summed E-state index contributed by atoms with van der Waals surface area (Å²) in [5, 5.41) is 0. The largest absolute Gasteiger partial charge is 0.496 e. The molecule has 0 radical (unpaired) electrons. The summed E-state index contributed by atoms with van der Waals surface area (Å²) in [6.07, 6.45) is 3.05. The smallest absolute Gasteiger partial charge is 0.316 e. The lowest BCUT2D eigenvalue weighted by Crippen LogP contribution is -2.29. The molecule has 0 aliphatic rings. The third-order valence-electron chi connectivity index (χ3n) is 6.48. The van der Waals surface area contributed by atoms with E-state index in [1.807, 2.05) is 41.5 Å². The number of hydrogen-bond donors (Lipinski definition) is 0. The summed E-state index contributed by atoms with van der Waals surface area (Å²) in [4.78, 5) is 38.8. The Labute approximate surface area is 251 Å². The van der Waals surface area contributed by atoms with Crippen LogP contribution in [0.15, 0.2) is 30.3 Å². The number of ketones is 1. The quantitative estimate of drug-likeness (QED) is 0.141. The van der Waals surface area contributed by atoms with Gasteiger partial charge in [0.25, 0.3) is 0 Å². The molecule has 0 spiro atoms. The Morgan fingerprint density at radius 1 is 0.595 bits per heavy atom. The van der Waals surface area contributed by atoms with Crippen LogP contribution in [0.3, 0.4) is 0 Å². The lowest BCUT2D eigenvalue weighted by atomic mass is 9.76. The normalized spacial score (nSPS) is 12.7. The third-order valence-corrected chi connectivity index (χ3v) is 6.48. The fourth-order valence-electron chi connectivity index (χ4n) is 4.19. The fraction of sp³-hybridized carbons (Fsp3) is 0.514. The monoisotopic (exact) mass is 580 g/mol. The molecule has 0 saturated heterocycles. The number of benzene rings is 2. The van der Waals surface area contributed by atoms with Gasteiger partial charge in [-0.25, -0.2) is 0 Å². The van der Waals surface area contributed by atoms with Crippen LogP contribution in [0.2, 0.25) is 0 Å². The summed E-state index contributed by atoms with van der Waals surface area (Å²) in [5.74, 6) is 0.594. The second kappa shape index (κ2) is 12.3. The Balaban J connectivity index is 2.78. The van der Waals surface area contributed by atoms with Crippen molar-refractivity contribution < 1.29 is 33.3 Å². The molecule has 2 aromatic rings. The zero-order valence-electron chi connectivity index (χ0n) is 27.8. The first kappa shape index (κ1) is 34.6. The Hall–Kier alpha value is -3.61. The molecule has 230 valence electrons. The average Bonchev–Trinajstić information content (AvgIpc) is 2.84. The molecule has 0 heterocycles. The van der Waals surface area contributed by atoms with Gasteiger partial charge >= 0.3 is 11.9 Å². The van der Waals surface area contributed by atoms with Crippen LogP contribution in [-0.4, -0.2) is 31.9 Å². The highest BCUT2D eigenvalue weighted by Crippen LogP contribution is 2.53. The number of hydrogen-bond acceptors (Lipinski definition) is 7. The number of esters is 2. The lowest BCUT2D eigenvalue weighted by molar-refractivity contribution is -0.143. The summed E-state index contributed by atoms with van der Waals surface area (Å²) in [6.45, 7) is 22.9. The number of methoxy groups -OCH3 is 2. The Morgan fingerprint density at radius 2 is 1.02 bits per heavy atom. The summed E-state index contributed by atoms with van der Waals surface area (Å²) >= 11 is 0. The Morgan fingerprint density at radius 3 is 1.43 bits per heavy atom. The van der Waals surface area contributed by atoms with Crippen molar-refractivity contribution >= 4 is 23.8 Å². The highest BCUT2D eigenvalue weighted by molar-refractivity contribution is 6.07. The summed E-state index contributed by atoms with van der Waals surface area (Å²) in [5.41, 5.74) is 0.00210. The Kier molecular flexibility index (Phi) is 10.1. The van der Waals surface area contributed by atoms with Gasteiger partial charge < -0.3 is 18.9 Å². The number of carbonyl (C=O) groups is 3. The van der Waals surface area contributed by atoms with Crippen molar-refractivity contribution in [3.63, 3.8) is 0 Å². The van der Waals surface area contributed by atoms with Gasteiger partial charge in [0.2, 0.25) is 0 Å². The third kappa shape index (κ3) is 8.02. The first-order valence-electron chi connectivity index (χ1n) is 14.1. The molecular weight excluding hydrogens is 532 g/mol. The van der Waals surface area contributed by atoms with Crippen molar-refractivity contribution in [1.29, 1.82) is 0 Å². The van der Waals surface area contributed by atoms with E-state index < -0.39 is 27.6 Å². The molecule has 0 N–H and O–H groups in total. The maximum atomic E-state index is 13.3. The standard InChI is InChI=1S/C35H48O7/c1-32(2,3)25-27(39-13)23(28(42-31(38)35(10,11)12)26(29(25)40-14)33(4,5)6)19-20-24(36)21-15-17-22(18-16-21)41-30(37)34(7,8)9/h15-20H,1-14H3. The molecule has 0 aliphatic heterocycles. The maximum absolute atomic E-state index is 13.3. The number of carbonyl (C=O) groups excluding carboxylic acids is 3. The first-order valence-corrected chi connectivity index (χ1v) is 14.1. The van der Waals surface area contributed by atoms with Crippen LogP contribution in [0.4, 0.5) is 0 Å². The minimum Gasteiger partial charge on any atom is -0.496 e. The minimum atomic E-state index is -0.784. The van der Waals surface area contributed by atoms with Gasteiger partial charge in [-0.3, -0.25) is 14.4 Å². The van der Waals surface area contributed by atoms with Crippen LogP contribution in [0.5, 0.6) is 23.0 Å². The van der Waals surface area contributed by atoms with Crippen molar-refractivity contribution in [1.82, 2.24) is 0 Å². The average molecular weight is 581 g/mol. The minimum absolute atomic E-state index is 0.288. The van der Waals surface area contributed by atoms with Gasteiger partial charge in [-0.05, 0) is 88.8 Å². The van der Waals surface area contributed by atoms with Gasteiger partial charge in [0.15, 0.2) is 5.78 Å². The van der Waals surface area contributed by atoms with E-state index in [4.69, 9.17) is 18.9 Å². The molecule has 2 aromatic carbocycles. The van der Waals surface area contributed by atoms with Crippen molar-refractivity contribution in [2.45, 2.75) is 93.9 Å². The zero-order valence-corrected chi connectivity index (χ0v) is 27.8. The Bertz CT molecular complexity index is 1350. The number of allylic oxidation sites excluding steroid dienone is 1. The van der Waals surface area contributed by atoms with Crippen LogP contribution in [-0.2, 0) is 20.4 Å². The summed E-state index contributed by atoms with van der Waals surface area (Å²) < 4.78 is 23.5. The van der Waals surface area contributed by atoms with Gasteiger partial charge in [-0.2, -0.15) is 0 Å². The van der Waals surface area contributed by atoms with Crippen LogP contribution < -0.4 is 18.9 Å². The van der Waals surface area contributed by atoms with Gasteiger partial charge in [0, 0.05) is 16.7 Å². The van der Waals surface area contributed by atoms with Crippen molar-refractivity contribution in [2.75, 3.05) is 14.2 Å². The van der Waals surface area contributed by atoms with Crippen molar-refractivity contribution in [2.24, 2.45) is 10.8 Å². The molecule has 0 atom stereocenters. The highest BCUT2D eigenvalue weighted by Gasteiger charge is 2.38. The first-order chi connectivity index (χ1) is 19.0. The van der Waals surface area contributed by atoms with E-state index in [1.54, 1.807) is 86.1 Å². The molecule has 7 nitrogen and oxygen atoms in total. The number of rotatable bonds is 7. The van der Waals surface area contributed by atoms with Crippen LogP contribution in [0.1, 0.15) is 110 Å². The SMILES string of the molecule is COc1c(C=CC(=O)c2ccc(OC(=O)C(C)(C)C)cc2)c(OC(=O)C(C)(C)C)c(C(C)(C)C)c(OC)c1C(C)(C)C. The molecule has 7 heteroatoms. The molecule has 0 fully saturated rings. The predicted octanol–water partition coefficient (Wildman–Crippen LogP) is 8.10. The summed E-state index contributed by atoms with van der Waals surface area (Å²) in [7, 11) is 3.14. The van der Waals surface area contributed by atoms with E-state index in [-0.39, 0.29) is 17.5 Å². The lowest BCUT2D eigenvalue weighted by Gasteiger charge is -2.34. The van der Waals surface area contributed by atoms with E-state index in [1.165, 1.54) is 6.08 Å². The molecule has 0 unspecified atom stereocenters. The van der Waals surface area contributed by atoms with E-state index >= 15 is 0 Å². The van der Waals surface area contributed by atoms with E-state index in [0.717, 1.165) is 5.56 Å². The molecule has 0 saturated carbocycles. The zero-order chi connectivity index (χ0) is 32.4. The summed E-state index contributed by atoms with van der Waals surface area (Å²) in [6, 6.07) is 6.38. The molecule has 0 aliphatic carbocycles. The topological polar surface area (TPSA) is 88.1 Å².